The summed E-state index contributed by atoms with van der Waals surface area (Å²) in [4.78, 5) is 23.5. The minimum atomic E-state index is -4.03. The third kappa shape index (κ3) is 3.73. The highest BCUT2D eigenvalue weighted by Gasteiger charge is 2.20. The molecule has 0 aliphatic heterocycles. The van der Waals surface area contributed by atoms with E-state index in [-0.39, 0.29) is 16.4 Å². The van der Waals surface area contributed by atoms with Gasteiger partial charge in [0, 0.05) is 18.2 Å². The van der Waals surface area contributed by atoms with E-state index >= 15 is 0 Å². The predicted octanol–water partition coefficient (Wildman–Crippen LogP) is 2.92. The second-order valence-corrected chi connectivity index (χ2v) is 7.35. The van der Waals surface area contributed by atoms with Gasteiger partial charge in [-0.1, -0.05) is 36.4 Å². The Hall–Kier alpha value is -3.19. The lowest BCUT2D eigenvalue weighted by Crippen LogP contribution is -2.30. The highest BCUT2D eigenvalue weighted by Crippen LogP contribution is 2.20. The first-order valence-electron chi connectivity index (χ1n) is 7.79. The van der Waals surface area contributed by atoms with Crippen molar-refractivity contribution in [2.45, 2.75) is 11.8 Å². The van der Waals surface area contributed by atoms with Crippen LogP contribution >= 0.6 is 0 Å². The number of sulfonamides is 1. The van der Waals surface area contributed by atoms with Crippen molar-refractivity contribution < 1.29 is 18.0 Å². The highest BCUT2D eigenvalue weighted by molar-refractivity contribution is 7.90. The van der Waals surface area contributed by atoms with E-state index in [0.717, 1.165) is 5.39 Å². The molecular formula is C19H16N2O4S. The molecule has 0 atom stereocenters. The summed E-state index contributed by atoms with van der Waals surface area (Å²) in [5.74, 6) is -0.961. The average Bonchev–Trinajstić information content (AvgIpc) is 2.60. The SMILES string of the molecule is CC(=O)Nc1ccc(S(=O)(=O)NC(=O)c2cccc3ccccc23)cc1. The van der Waals surface area contributed by atoms with E-state index in [1.807, 2.05) is 18.2 Å². The predicted molar refractivity (Wildman–Crippen MR) is 99.3 cm³/mol. The van der Waals surface area contributed by atoms with Gasteiger partial charge in [0.15, 0.2) is 0 Å². The van der Waals surface area contributed by atoms with Crippen molar-refractivity contribution in [1.29, 1.82) is 0 Å². The number of anilines is 1. The maximum absolute atomic E-state index is 12.5. The minimum Gasteiger partial charge on any atom is -0.326 e. The van der Waals surface area contributed by atoms with Gasteiger partial charge < -0.3 is 5.32 Å². The normalized spacial score (nSPS) is 11.1. The number of hydrogen-bond acceptors (Lipinski definition) is 4. The topological polar surface area (TPSA) is 92.3 Å². The Morgan fingerprint density at radius 1 is 0.846 bits per heavy atom. The van der Waals surface area contributed by atoms with Crippen molar-refractivity contribution in [2.75, 3.05) is 5.32 Å². The lowest BCUT2D eigenvalue weighted by molar-refractivity contribution is -0.114. The number of nitrogens with one attached hydrogen (secondary N) is 2. The van der Waals surface area contributed by atoms with Crippen molar-refractivity contribution in [2.24, 2.45) is 0 Å². The Morgan fingerprint density at radius 2 is 1.50 bits per heavy atom. The monoisotopic (exact) mass is 368 g/mol. The van der Waals surface area contributed by atoms with E-state index in [9.17, 15) is 18.0 Å². The first kappa shape index (κ1) is 17.6. The molecule has 0 aliphatic carbocycles. The van der Waals surface area contributed by atoms with Gasteiger partial charge in [-0.2, -0.15) is 0 Å². The van der Waals surface area contributed by atoms with Crippen LogP contribution in [0.5, 0.6) is 0 Å². The standard InChI is InChI=1S/C19H16N2O4S/c1-13(22)20-15-9-11-16(12-10-15)26(24,25)21-19(23)18-8-4-6-14-5-2-3-7-17(14)18/h2-12H,1H3,(H,20,22)(H,21,23). The smallest absolute Gasteiger partial charge is 0.265 e. The number of carbonyl (C=O) groups is 2. The summed E-state index contributed by atoms with van der Waals surface area (Å²) < 4.78 is 27.0. The van der Waals surface area contributed by atoms with Crippen LogP contribution in [0.15, 0.2) is 71.6 Å². The number of hydrogen-bond donors (Lipinski definition) is 2. The molecule has 3 rings (SSSR count). The molecule has 0 aliphatic rings. The minimum absolute atomic E-state index is 0.0693. The van der Waals surface area contributed by atoms with Gasteiger partial charge in [0.05, 0.1) is 4.90 Å². The summed E-state index contributed by atoms with van der Waals surface area (Å²) in [6, 6.07) is 17.9. The van der Waals surface area contributed by atoms with Crippen molar-refractivity contribution in [3.05, 3.63) is 72.3 Å². The van der Waals surface area contributed by atoms with Crippen LogP contribution < -0.4 is 10.0 Å². The molecule has 26 heavy (non-hydrogen) atoms. The van der Waals surface area contributed by atoms with Crippen molar-refractivity contribution in [1.82, 2.24) is 4.72 Å². The zero-order valence-electron chi connectivity index (χ0n) is 13.9. The lowest BCUT2D eigenvalue weighted by Gasteiger charge is -2.10. The van der Waals surface area contributed by atoms with Crippen LogP contribution in [-0.4, -0.2) is 20.2 Å². The Kier molecular flexibility index (Phi) is 4.73. The van der Waals surface area contributed by atoms with Crippen LogP contribution in [0.2, 0.25) is 0 Å². The van der Waals surface area contributed by atoms with Crippen LogP contribution in [0.3, 0.4) is 0 Å². The zero-order valence-corrected chi connectivity index (χ0v) is 14.7. The van der Waals surface area contributed by atoms with E-state index in [1.165, 1.54) is 31.2 Å². The Bertz CT molecular complexity index is 1080. The van der Waals surface area contributed by atoms with Crippen LogP contribution in [0.4, 0.5) is 5.69 Å². The zero-order chi connectivity index (χ0) is 18.7. The molecule has 0 aromatic heterocycles. The first-order chi connectivity index (χ1) is 12.4. The quantitative estimate of drug-likeness (QED) is 0.741. The summed E-state index contributed by atoms with van der Waals surface area (Å²) in [6.07, 6.45) is 0. The van der Waals surface area contributed by atoms with Crippen molar-refractivity contribution in [3.8, 4) is 0 Å². The summed E-state index contributed by atoms with van der Waals surface area (Å²) in [6.45, 7) is 1.36. The van der Waals surface area contributed by atoms with E-state index in [4.69, 9.17) is 0 Å². The number of fused-ring (bicyclic) bond motifs is 1. The Balaban J connectivity index is 1.87. The molecule has 0 heterocycles. The molecule has 2 amide bonds. The van der Waals surface area contributed by atoms with Gasteiger partial charge in [0.1, 0.15) is 0 Å². The van der Waals surface area contributed by atoms with Crippen LogP contribution in [0, 0.1) is 0 Å². The van der Waals surface area contributed by atoms with E-state index < -0.39 is 15.9 Å². The fourth-order valence-electron chi connectivity index (χ4n) is 2.58. The van der Waals surface area contributed by atoms with Crippen LogP contribution in [0.25, 0.3) is 10.8 Å². The van der Waals surface area contributed by atoms with Gasteiger partial charge in [-0.3, -0.25) is 9.59 Å². The molecular weight excluding hydrogens is 352 g/mol. The second-order valence-electron chi connectivity index (χ2n) is 5.67. The maximum Gasteiger partial charge on any atom is 0.265 e. The van der Waals surface area contributed by atoms with Crippen LogP contribution in [0.1, 0.15) is 17.3 Å². The third-order valence-corrected chi connectivity index (χ3v) is 5.09. The molecule has 0 unspecified atom stereocenters. The summed E-state index contributed by atoms with van der Waals surface area (Å²) in [7, 11) is -4.03. The van der Waals surface area contributed by atoms with Crippen LogP contribution in [-0.2, 0) is 14.8 Å². The largest absolute Gasteiger partial charge is 0.326 e. The van der Waals surface area contributed by atoms with Gasteiger partial charge in [-0.05, 0) is 41.1 Å². The molecule has 0 saturated carbocycles. The number of rotatable bonds is 4. The third-order valence-electron chi connectivity index (χ3n) is 3.75. The lowest BCUT2D eigenvalue weighted by atomic mass is 10.0. The molecule has 7 heteroatoms. The van der Waals surface area contributed by atoms with Crippen molar-refractivity contribution >= 4 is 38.3 Å². The molecule has 3 aromatic rings. The number of amides is 2. The first-order valence-corrected chi connectivity index (χ1v) is 9.28. The molecule has 0 bridgehead atoms. The van der Waals surface area contributed by atoms with E-state index in [2.05, 4.69) is 10.0 Å². The van der Waals surface area contributed by atoms with Gasteiger partial charge in [0.2, 0.25) is 5.91 Å². The number of carbonyl (C=O) groups excluding carboxylic acids is 2. The van der Waals surface area contributed by atoms with Crippen molar-refractivity contribution in [3.63, 3.8) is 0 Å². The fraction of sp³-hybridized carbons (Fsp3) is 0.0526. The second kappa shape index (κ2) is 6.97. The Morgan fingerprint density at radius 3 is 2.19 bits per heavy atom. The molecule has 0 saturated heterocycles. The molecule has 2 N–H and O–H groups in total. The summed E-state index contributed by atoms with van der Waals surface area (Å²) >= 11 is 0. The summed E-state index contributed by atoms with van der Waals surface area (Å²) in [5, 5.41) is 4.06. The Labute approximate surface area is 150 Å². The molecule has 132 valence electrons. The molecule has 0 spiro atoms. The number of benzene rings is 3. The van der Waals surface area contributed by atoms with Gasteiger partial charge >= 0.3 is 0 Å². The van der Waals surface area contributed by atoms with Gasteiger partial charge in [-0.15, -0.1) is 0 Å². The average molecular weight is 368 g/mol. The van der Waals surface area contributed by atoms with Gasteiger partial charge in [-0.25, -0.2) is 13.1 Å². The molecule has 0 radical (unpaired) electrons. The summed E-state index contributed by atoms with van der Waals surface area (Å²) in [5.41, 5.74) is 0.748. The fourth-order valence-corrected chi connectivity index (χ4v) is 3.55. The van der Waals surface area contributed by atoms with E-state index in [0.29, 0.717) is 11.1 Å². The highest BCUT2D eigenvalue weighted by atomic mass is 32.2. The maximum atomic E-state index is 12.5. The molecule has 3 aromatic carbocycles. The molecule has 0 fully saturated rings. The van der Waals surface area contributed by atoms with Gasteiger partial charge in [0.25, 0.3) is 15.9 Å². The molecule has 6 nitrogen and oxygen atoms in total. The van der Waals surface area contributed by atoms with E-state index in [1.54, 1.807) is 24.3 Å².